The average molecular weight is 478 g/mol. The summed E-state index contributed by atoms with van der Waals surface area (Å²) < 4.78 is 25.8. The molecule has 1 saturated heterocycles. The molecule has 3 aromatic rings. The lowest BCUT2D eigenvalue weighted by Crippen LogP contribution is -2.46. The molecule has 0 saturated carbocycles. The molecule has 0 radical (unpaired) electrons. The minimum Gasteiger partial charge on any atom is -0.373 e. The van der Waals surface area contributed by atoms with Gasteiger partial charge in [0.05, 0.1) is 10.9 Å². The van der Waals surface area contributed by atoms with Crippen LogP contribution in [0.1, 0.15) is 17.2 Å². The Labute approximate surface area is 200 Å². The molecule has 1 aliphatic rings. The Morgan fingerprint density at radius 1 is 0.848 bits per heavy atom. The van der Waals surface area contributed by atoms with Gasteiger partial charge in [-0.3, -0.25) is 4.90 Å². The van der Waals surface area contributed by atoms with Crippen LogP contribution in [0, 0.1) is 11.3 Å². The Hall–Kier alpha value is -3.11. The van der Waals surface area contributed by atoms with Crippen LogP contribution in [0.2, 0.25) is 5.02 Å². The van der Waals surface area contributed by atoms with Crippen molar-refractivity contribution in [2.75, 3.05) is 26.2 Å². The van der Waals surface area contributed by atoms with Crippen LogP contribution in [0.25, 0.3) is 0 Å². The first-order chi connectivity index (χ1) is 16.0. The first kappa shape index (κ1) is 23.1. The summed E-state index contributed by atoms with van der Waals surface area (Å²) in [4.78, 5) is 4.11. The van der Waals surface area contributed by atoms with Crippen LogP contribution in [0.4, 0.5) is 0 Å². The summed E-state index contributed by atoms with van der Waals surface area (Å²) in [6.45, 7) is 2.73. The van der Waals surface area contributed by atoms with E-state index in [4.69, 9.17) is 11.6 Å². The second-order valence-corrected chi connectivity index (χ2v) is 10.2. The predicted octanol–water partition coefficient (Wildman–Crippen LogP) is 4.89. The summed E-state index contributed by atoms with van der Waals surface area (Å²) in [7, 11) is -3.90. The van der Waals surface area contributed by atoms with Crippen molar-refractivity contribution in [3.8, 4) is 6.07 Å². The van der Waals surface area contributed by atoms with Gasteiger partial charge in [-0.1, -0.05) is 72.3 Å². The lowest BCUT2D eigenvalue weighted by atomic mass is 9.96. The van der Waals surface area contributed by atoms with Crippen LogP contribution in [0.5, 0.6) is 0 Å². The molecule has 0 amide bonds. The highest BCUT2D eigenvalue weighted by atomic mass is 35.5. The van der Waals surface area contributed by atoms with Crippen molar-refractivity contribution < 1.29 is 8.42 Å². The zero-order chi connectivity index (χ0) is 23.3. The number of allylic oxidation sites excluding steroid dienone is 1. The molecule has 3 aromatic carbocycles. The largest absolute Gasteiger partial charge is 0.373 e. The number of hydrogen-bond donors (Lipinski definition) is 0. The highest BCUT2D eigenvalue weighted by Crippen LogP contribution is 2.30. The van der Waals surface area contributed by atoms with E-state index >= 15 is 0 Å². The minimum absolute atomic E-state index is 0.0616. The van der Waals surface area contributed by atoms with Gasteiger partial charge in [0.2, 0.25) is 9.84 Å². The number of hydrogen-bond acceptors (Lipinski definition) is 5. The van der Waals surface area contributed by atoms with E-state index in [9.17, 15) is 13.7 Å². The number of halogens is 1. The molecule has 1 fully saturated rings. The van der Waals surface area contributed by atoms with Gasteiger partial charge in [0, 0.05) is 37.4 Å². The fourth-order valence-corrected chi connectivity index (χ4v) is 5.36. The van der Waals surface area contributed by atoms with E-state index in [0.29, 0.717) is 18.1 Å². The number of nitriles is 1. The molecule has 0 spiro atoms. The zero-order valence-corrected chi connectivity index (χ0v) is 19.6. The van der Waals surface area contributed by atoms with Gasteiger partial charge >= 0.3 is 0 Å². The third kappa shape index (κ3) is 5.28. The fraction of sp³-hybridized carbons (Fsp3) is 0.192. The maximum atomic E-state index is 12.9. The van der Waals surface area contributed by atoms with Crippen molar-refractivity contribution in [1.82, 2.24) is 9.80 Å². The third-order valence-corrected chi connectivity index (χ3v) is 7.69. The molecule has 168 valence electrons. The highest BCUT2D eigenvalue weighted by Gasteiger charge is 2.27. The van der Waals surface area contributed by atoms with Crippen molar-refractivity contribution in [3.05, 3.63) is 112 Å². The number of nitrogens with zero attached hydrogens (tertiary/aromatic N) is 3. The summed E-state index contributed by atoms with van der Waals surface area (Å²) in [6.07, 6.45) is 1.47. The maximum Gasteiger partial charge on any atom is 0.218 e. The predicted molar refractivity (Wildman–Crippen MR) is 130 cm³/mol. The molecule has 33 heavy (non-hydrogen) atoms. The van der Waals surface area contributed by atoms with Crippen molar-refractivity contribution >= 4 is 21.4 Å². The summed E-state index contributed by atoms with van der Waals surface area (Å²) in [5.74, 6) is 0. The lowest BCUT2D eigenvalue weighted by molar-refractivity contribution is 0.139. The first-order valence-electron chi connectivity index (χ1n) is 10.7. The van der Waals surface area contributed by atoms with E-state index in [2.05, 4.69) is 29.2 Å². The average Bonchev–Trinajstić information content (AvgIpc) is 2.85. The number of sulfone groups is 1. The molecule has 5 nitrogen and oxygen atoms in total. The second kappa shape index (κ2) is 10.2. The molecule has 4 rings (SSSR count). The Bertz CT molecular complexity index is 1210. The topological polar surface area (TPSA) is 64.4 Å². The molecule has 1 heterocycles. The summed E-state index contributed by atoms with van der Waals surface area (Å²) in [5.41, 5.74) is 2.44. The van der Waals surface area contributed by atoms with Gasteiger partial charge in [-0.15, -0.1) is 0 Å². The quantitative estimate of drug-likeness (QED) is 0.473. The van der Waals surface area contributed by atoms with Crippen LogP contribution in [-0.4, -0.2) is 44.4 Å². The van der Waals surface area contributed by atoms with Gasteiger partial charge in [-0.2, -0.15) is 5.26 Å². The monoisotopic (exact) mass is 477 g/mol. The van der Waals surface area contributed by atoms with Crippen molar-refractivity contribution in [1.29, 1.82) is 5.26 Å². The molecule has 0 aliphatic carbocycles. The standard InChI is InChI=1S/C26H24ClN3O2S/c27-23-11-13-24(14-12-23)33(31,32)25(19-28)20-29-15-17-30(18-16-29)26(21-7-3-1-4-8-21)22-9-5-2-6-10-22/h1-14,20,26H,15-18H2/b25-20-. The molecule has 0 unspecified atom stereocenters. The van der Waals surface area contributed by atoms with E-state index in [-0.39, 0.29) is 15.8 Å². The van der Waals surface area contributed by atoms with E-state index in [0.717, 1.165) is 13.1 Å². The Kier molecular flexibility index (Phi) is 7.14. The molecule has 1 aliphatic heterocycles. The van der Waals surface area contributed by atoms with Gasteiger partial charge in [0.1, 0.15) is 6.07 Å². The molecular formula is C26H24ClN3O2S. The van der Waals surface area contributed by atoms with Gasteiger partial charge in [-0.25, -0.2) is 8.42 Å². The Balaban J connectivity index is 1.53. The van der Waals surface area contributed by atoms with Crippen LogP contribution >= 0.6 is 11.6 Å². The molecule has 7 heteroatoms. The summed E-state index contributed by atoms with van der Waals surface area (Å²) >= 11 is 5.87. The number of rotatable bonds is 6. The van der Waals surface area contributed by atoms with Crippen molar-refractivity contribution in [3.63, 3.8) is 0 Å². The maximum absolute atomic E-state index is 12.9. The van der Waals surface area contributed by atoms with Crippen LogP contribution in [0.3, 0.4) is 0 Å². The Morgan fingerprint density at radius 3 is 1.85 bits per heavy atom. The highest BCUT2D eigenvalue weighted by molar-refractivity contribution is 7.95. The normalized spacial score (nSPS) is 15.4. The van der Waals surface area contributed by atoms with Crippen LogP contribution in [-0.2, 0) is 9.84 Å². The molecule has 0 aromatic heterocycles. The van der Waals surface area contributed by atoms with Gasteiger partial charge < -0.3 is 4.90 Å². The van der Waals surface area contributed by atoms with Gasteiger partial charge in [0.25, 0.3) is 0 Å². The molecular weight excluding hydrogens is 454 g/mol. The fourth-order valence-electron chi connectivity index (χ4n) is 4.07. The third-order valence-electron chi connectivity index (χ3n) is 5.77. The number of benzene rings is 3. The smallest absolute Gasteiger partial charge is 0.218 e. The summed E-state index contributed by atoms with van der Waals surface area (Å²) in [5, 5.41) is 10.0. The first-order valence-corrected chi connectivity index (χ1v) is 12.6. The number of piperazine rings is 1. The minimum atomic E-state index is -3.90. The van der Waals surface area contributed by atoms with Crippen molar-refractivity contribution in [2.24, 2.45) is 0 Å². The molecule has 0 atom stereocenters. The van der Waals surface area contributed by atoms with Crippen molar-refractivity contribution in [2.45, 2.75) is 10.9 Å². The van der Waals surface area contributed by atoms with Crippen LogP contribution < -0.4 is 0 Å². The van der Waals surface area contributed by atoms with E-state index in [1.807, 2.05) is 47.4 Å². The van der Waals surface area contributed by atoms with E-state index < -0.39 is 9.84 Å². The van der Waals surface area contributed by atoms with E-state index in [1.165, 1.54) is 41.6 Å². The lowest BCUT2D eigenvalue weighted by Gasteiger charge is -2.39. The van der Waals surface area contributed by atoms with Crippen LogP contribution in [0.15, 0.2) is 101 Å². The second-order valence-electron chi connectivity index (χ2n) is 7.86. The SMILES string of the molecule is N#C/C(=C/N1CCN(C(c2ccccc2)c2ccccc2)CC1)S(=O)(=O)c1ccc(Cl)cc1. The van der Waals surface area contributed by atoms with E-state index in [1.54, 1.807) is 0 Å². The molecule has 0 N–H and O–H groups in total. The van der Waals surface area contributed by atoms with Gasteiger partial charge in [-0.05, 0) is 35.4 Å². The zero-order valence-electron chi connectivity index (χ0n) is 18.0. The van der Waals surface area contributed by atoms with Gasteiger partial charge in [0.15, 0.2) is 4.91 Å². The summed E-state index contributed by atoms with van der Waals surface area (Å²) in [6, 6.07) is 28.6. The molecule has 0 bridgehead atoms. The Morgan fingerprint density at radius 2 is 1.36 bits per heavy atom.